The lowest BCUT2D eigenvalue weighted by Crippen LogP contribution is -2.17. The lowest BCUT2D eigenvalue weighted by molar-refractivity contribution is 0.518. The lowest BCUT2D eigenvalue weighted by Gasteiger charge is -2.19. The number of rotatable bonds is 1. The zero-order valence-corrected chi connectivity index (χ0v) is 8.95. The first-order chi connectivity index (χ1) is 5.46. The average molecular weight is 207 g/mol. The van der Waals surface area contributed by atoms with Crippen LogP contribution in [0.5, 0.6) is 0 Å². The fourth-order valence-electron chi connectivity index (χ4n) is 1.20. The SMILES string of the molecule is CC(C)(C)c1c(Cl)cnn1CCl. The van der Waals surface area contributed by atoms with Crippen LogP contribution in [0.3, 0.4) is 0 Å². The van der Waals surface area contributed by atoms with Gasteiger partial charge in [-0.2, -0.15) is 5.10 Å². The summed E-state index contributed by atoms with van der Waals surface area (Å²) in [6.45, 7) is 6.25. The zero-order valence-electron chi connectivity index (χ0n) is 7.43. The van der Waals surface area contributed by atoms with Gasteiger partial charge < -0.3 is 0 Å². The molecule has 0 saturated carbocycles. The molecule has 1 aromatic heterocycles. The molecule has 0 spiro atoms. The van der Waals surface area contributed by atoms with Crippen molar-refractivity contribution in [1.29, 1.82) is 0 Å². The highest BCUT2D eigenvalue weighted by Crippen LogP contribution is 2.29. The van der Waals surface area contributed by atoms with Crippen molar-refractivity contribution >= 4 is 23.2 Å². The second-order valence-electron chi connectivity index (χ2n) is 3.71. The summed E-state index contributed by atoms with van der Waals surface area (Å²) in [6.07, 6.45) is 1.63. The van der Waals surface area contributed by atoms with Crippen LogP contribution >= 0.6 is 23.2 Å². The standard InChI is InChI=1S/C8H12Cl2N2/c1-8(2,3)7-6(10)4-11-12(7)5-9/h4H,5H2,1-3H3. The highest BCUT2D eigenvalue weighted by molar-refractivity contribution is 6.31. The molecule has 0 aliphatic rings. The number of hydrogen-bond donors (Lipinski definition) is 0. The van der Waals surface area contributed by atoms with Crippen LogP contribution in [0.4, 0.5) is 0 Å². The molecule has 0 N–H and O–H groups in total. The summed E-state index contributed by atoms with van der Waals surface area (Å²) in [4.78, 5) is 0. The van der Waals surface area contributed by atoms with E-state index in [1.54, 1.807) is 10.9 Å². The Balaban J connectivity index is 3.19. The molecule has 0 atom stereocenters. The fraction of sp³-hybridized carbons (Fsp3) is 0.625. The molecule has 4 heteroatoms. The monoisotopic (exact) mass is 206 g/mol. The van der Waals surface area contributed by atoms with Gasteiger partial charge in [0.25, 0.3) is 0 Å². The molecule has 0 unspecified atom stereocenters. The third-order valence-electron chi connectivity index (χ3n) is 1.62. The van der Waals surface area contributed by atoms with Gasteiger partial charge in [-0.3, -0.25) is 4.68 Å². The van der Waals surface area contributed by atoms with Crippen LogP contribution < -0.4 is 0 Å². The van der Waals surface area contributed by atoms with E-state index >= 15 is 0 Å². The smallest absolute Gasteiger partial charge is 0.115 e. The largest absolute Gasteiger partial charge is 0.253 e. The third-order valence-corrected chi connectivity index (χ3v) is 2.12. The molecule has 2 nitrogen and oxygen atoms in total. The van der Waals surface area contributed by atoms with E-state index in [4.69, 9.17) is 23.2 Å². The first-order valence-corrected chi connectivity index (χ1v) is 4.66. The molecular weight excluding hydrogens is 195 g/mol. The average Bonchev–Trinajstić information content (AvgIpc) is 2.29. The minimum absolute atomic E-state index is 0.0114. The molecule has 0 saturated heterocycles. The van der Waals surface area contributed by atoms with E-state index in [9.17, 15) is 0 Å². The molecular formula is C8H12Cl2N2. The van der Waals surface area contributed by atoms with Crippen molar-refractivity contribution in [2.45, 2.75) is 32.2 Å². The molecule has 68 valence electrons. The van der Waals surface area contributed by atoms with Gasteiger partial charge in [0, 0.05) is 5.41 Å². The summed E-state index contributed by atoms with van der Waals surface area (Å²) in [5, 5.41) is 4.74. The Hall–Kier alpha value is -0.210. The second-order valence-corrected chi connectivity index (χ2v) is 4.36. The quantitative estimate of drug-likeness (QED) is 0.647. The van der Waals surface area contributed by atoms with E-state index in [-0.39, 0.29) is 5.41 Å². The molecule has 0 fully saturated rings. The summed E-state index contributed by atoms with van der Waals surface area (Å²) in [6, 6.07) is 0.347. The Morgan fingerprint density at radius 2 is 2.08 bits per heavy atom. The van der Waals surface area contributed by atoms with Crippen LogP contribution in [0.25, 0.3) is 0 Å². The highest BCUT2D eigenvalue weighted by atomic mass is 35.5. The lowest BCUT2D eigenvalue weighted by atomic mass is 9.92. The summed E-state index contributed by atoms with van der Waals surface area (Å²) in [5.41, 5.74) is 0.974. The summed E-state index contributed by atoms with van der Waals surface area (Å²) in [5.74, 6) is 0. The van der Waals surface area contributed by atoms with E-state index in [1.165, 1.54) is 0 Å². The van der Waals surface area contributed by atoms with Gasteiger partial charge in [0.15, 0.2) is 0 Å². The maximum Gasteiger partial charge on any atom is 0.115 e. The zero-order chi connectivity index (χ0) is 9.35. The number of nitrogens with zero attached hydrogens (tertiary/aromatic N) is 2. The van der Waals surface area contributed by atoms with Crippen molar-refractivity contribution in [2.75, 3.05) is 0 Å². The maximum atomic E-state index is 5.97. The minimum atomic E-state index is -0.0114. The van der Waals surface area contributed by atoms with Crippen LogP contribution in [-0.4, -0.2) is 9.78 Å². The van der Waals surface area contributed by atoms with E-state index in [1.807, 2.05) is 0 Å². The molecule has 0 aromatic carbocycles. The van der Waals surface area contributed by atoms with Crippen molar-refractivity contribution in [3.63, 3.8) is 0 Å². The normalized spacial score (nSPS) is 12.1. The Bertz CT molecular complexity index is 273. The molecule has 1 heterocycles. The molecule has 0 radical (unpaired) electrons. The Morgan fingerprint density at radius 3 is 2.42 bits per heavy atom. The van der Waals surface area contributed by atoms with Gasteiger partial charge >= 0.3 is 0 Å². The van der Waals surface area contributed by atoms with Gasteiger partial charge in [0.1, 0.15) is 6.00 Å². The van der Waals surface area contributed by atoms with Crippen LogP contribution in [0, 0.1) is 0 Å². The van der Waals surface area contributed by atoms with E-state index < -0.39 is 0 Å². The first kappa shape index (κ1) is 9.87. The van der Waals surface area contributed by atoms with Crippen LogP contribution in [0.2, 0.25) is 5.02 Å². The van der Waals surface area contributed by atoms with Gasteiger partial charge in [-0.1, -0.05) is 32.4 Å². The number of aromatic nitrogens is 2. The van der Waals surface area contributed by atoms with Crippen LogP contribution in [-0.2, 0) is 11.4 Å². The van der Waals surface area contributed by atoms with Gasteiger partial charge in [0.2, 0.25) is 0 Å². The van der Waals surface area contributed by atoms with Crippen molar-refractivity contribution in [2.24, 2.45) is 0 Å². The molecule has 0 aliphatic carbocycles. The number of alkyl halides is 1. The molecule has 1 rings (SSSR count). The van der Waals surface area contributed by atoms with Crippen LogP contribution in [0.1, 0.15) is 26.5 Å². The van der Waals surface area contributed by atoms with Crippen molar-refractivity contribution in [1.82, 2.24) is 9.78 Å². The summed E-state index contributed by atoms with van der Waals surface area (Å²) in [7, 11) is 0. The van der Waals surface area contributed by atoms with Crippen molar-refractivity contribution in [3.8, 4) is 0 Å². The van der Waals surface area contributed by atoms with Gasteiger partial charge in [-0.25, -0.2) is 0 Å². The van der Waals surface area contributed by atoms with Crippen molar-refractivity contribution in [3.05, 3.63) is 16.9 Å². The summed E-state index contributed by atoms with van der Waals surface area (Å²) < 4.78 is 1.71. The van der Waals surface area contributed by atoms with Crippen LogP contribution in [0.15, 0.2) is 6.20 Å². The molecule has 1 aromatic rings. The predicted octanol–water partition coefficient (Wildman–Crippen LogP) is 3.03. The van der Waals surface area contributed by atoms with Gasteiger partial charge in [-0.05, 0) is 0 Å². The molecule has 12 heavy (non-hydrogen) atoms. The van der Waals surface area contributed by atoms with Crippen molar-refractivity contribution < 1.29 is 0 Å². The topological polar surface area (TPSA) is 17.8 Å². The number of hydrogen-bond acceptors (Lipinski definition) is 1. The Kier molecular flexibility index (Phi) is 2.69. The molecule has 0 bridgehead atoms. The highest BCUT2D eigenvalue weighted by Gasteiger charge is 2.22. The van der Waals surface area contributed by atoms with E-state index in [0.29, 0.717) is 11.0 Å². The van der Waals surface area contributed by atoms with E-state index in [2.05, 4.69) is 25.9 Å². The Labute approximate surface area is 82.5 Å². The molecule has 0 aliphatic heterocycles. The second kappa shape index (κ2) is 3.27. The third kappa shape index (κ3) is 1.75. The van der Waals surface area contributed by atoms with E-state index in [0.717, 1.165) is 5.69 Å². The maximum absolute atomic E-state index is 5.97. The van der Waals surface area contributed by atoms with Gasteiger partial charge in [-0.15, -0.1) is 11.6 Å². The minimum Gasteiger partial charge on any atom is -0.253 e. The predicted molar refractivity (Wildman–Crippen MR) is 51.8 cm³/mol. The molecule has 0 amide bonds. The fourth-order valence-corrected chi connectivity index (χ4v) is 1.80. The Morgan fingerprint density at radius 1 is 1.50 bits per heavy atom. The number of halogens is 2. The van der Waals surface area contributed by atoms with Gasteiger partial charge in [0.05, 0.1) is 16.9 Å². The first-order valence-electron chi connectivity index (χ1n) is 3.74. The summed E-state index contributed by atoms with van der Waals surface area (Å²) >= 11 is 11.7.